The minimum Gasteiger partial charge on any atom is -0.488 e. The molecular weight excluding hydrogens is 494 g/mol. The summed E-state index contributed by atoms with van der Waals surface area (Å²) in [6.07, 6.45) is 5.16. The number of benzene rings is 2. The standard InChI is InChI=1S/C28H28F2N4O4/c1-18-21(17-38-32-18)9-27(35)25-12-24(22-13-31-33(2)14-22)20(15-34-5-7-36-8-6-34)10-28(25)37-16-19-3-4-23(29)11-26(19)30/h3-4,10-14,17H,5-9,15-16H2,1-2H3. The molecule has 0 bridgehead atoms. The Morgan fingerprint density at radius 2 is 1.92 bits per heavy atom. The number of Topliss-reactive ketones (excluding diaryl/α,β-unsaturated/α-hetero) is 1. The molecule has 0 unspecified atom stereocenters. The van der Waals surface area contributed by atoms with Crippen molar-refractivity contribution in [2.45, 2.75) is 26.5 Å². The van der Waals surface area contributed by atoms with Crippen molar-refractivity contribution in [3.63, 3.8) is 0 Å². The van der Waals surface area contributed by atoms with Crippen LogP contribution in [0.2, 0.25) is 0 Å². The van der Waals surface area contributed by atoms with Crippen molar-refractivity contribution in [1.82, 2.24) is 19.8 Å². The third-order valence-corrected chi connectivity index (χ3v) is 6.62. The molecule has 1 saturated heterocycles. The zero-order chi connectivity index (χ0) is 26.6. The van der Waals surface area contributed by atoms with E-state index in [0.29, 0.717) is 42.3 Å². The van der Waals surface area contributed by atoms with Gasteiger partial charge in [-0.25, -0.2) is 8.78 Å². The van der Waals surface area contributed by atoms with Gasteiger partial charge in [-0.05, 0) is 42.3 Å². The second-order valence-corrected chi connectivity index (χ2v) is 9.35. The molecule has 1 aliphatic rings. The maximum Gasteiger partial charge on any atom is 0.171 e. The number of aryl methyl sites for hydroxylation is 2. The van der Waals surface area contributed by atoms with E-state index in [0.717, 1.165) is 35.8 Å². The summed E-state index contributed by atoms with van der Waals surface area (Å²) >= 11 is 0. The van der Waals surface area contributed by atoms with Crippen LogP contribution in [-0.2, 0) is 31.4 Å². The highest BCUT2D eigenvalue weighted by Gasteiger charge is 2.22. The molecule has 38 heavy (non-hydrogen) atoms. The van der Waals surface area contributed by atoms with Gasteiger partial charge in [0.05, 0.1) is 30.7 Å². The predicted octanol–water partition coefficient (Wildman–Crippen LogP) is 4.50. The lowest BCUT2D eigenvalue weighted by molar-refractivity contribution is 0.0342. The van der Waals surface area contributed by atoms with Crippen molar-refractivity contribution >= 4 is 5.78 Å². The largest absolute Gasteiger partial charge is 0.488 e. The Morgan fingerprint density at radius 3 is 2.61 bits per heavy atom. The summed E-state index contributed by atoms with van der Waals surface area (Å²) in [6, 6.07) is 6.99. The fraction of sp³-hybridized carbons (Fsp3) is 0.321. The van der Waals surface area contributed by atoms with Gasteiger partial charge in [0.15, 0.2) is 5.78 Å². The summed E-state index contributed by atoms with van der Waals surface area (Å²) in [6.45, 7) is 5.05. The van der Waals surface area contributed by atoms with E-state index in [4.69, 9.17) is 14.0 Å². The minimum atomic E-state index is -0.710. The number of ketones is 1. The molecule has 1 aliphatic heterocycles. The lowest BCUT2D eigenvalue weighted by atomic mass is 9.94. The molecule has 3 heterocycles. The van der Waals surface area contributed by atoms with Gasteiger partial charge in [0.25, 0.3) is 0 Å². The molecule has 0 atom stereocenters. The number of morpholine rings is 1. The normalized spacial score (nSPS) is 14.1. The lowest BCUT2D eigenvalue weighted by Gasteiger charge is -2.28. The first-order valence-corrected chi connectivity index (χ1v) is 12.3. The number of carbonyl (C=O) groups excluding carboxylic acids is 1. The smallest absolute Gasteiger partial charge is 0.171 e. The number of carbonyl (C=O) groups is 1. The molecule has 198 valence electrons. The number of hydrogen-bond donors (Lipinski definition) is 0. The summed E-state index contributed by atoms with van der Waals surface area (Å²) < 4.78 is 46.0. The van der Waals surface area contributed by atoms with Crippen molar-refractivity contribution in [3.05, 3.63) is 88.6 Å². The number of nitrogens with zero attached hydrogens (tertiary/aromatic N) is 4. The molecule has 0 aliphatic carbocycles. The van der Waals surface area contributed by atoms with Crippen LogP contribution < -0.4 is 4.74 Å². The van der Waals surface area contributed by atoms with Gasteiger partial charge in [-0.15, -0.1) is 0 Å². The highest BCUT2D eigenvalue weighted by atomic mass is 19.1. The number of ether oxygens (including phenoxy) is 2. The van der Waals surface area contributed by atoms with E-state index in [1.54, 1.807) is 17.8 Å². The Labute approximate surface area is 218 Å². The van der Waals surface area contributed by atoms with Crippen LogP contribution in [0.5, 0.6) is 5.75 Å². The zero-order valence-corrected chi connectivity index (χ0v) is 21.2. The molecule has 4 aromatic rings. The quantitative estimate of drug-likeness (QED) is 0.300. The van der Waals surface area contributed by atoms with Crippen LogP contribution in [0.25, 0.3) is 11.1 Å². The van der Waals surface area contributed by atoms with Gasteiger partial charge >= 0.3 is 0 Å². The molecule has 8 nitrogen and oxygen atoms in total. The average Bonchev–Trinajstić information content (AvgIpc) is 3.51. The molecule has 0 amide bonds. The molecule has 5 rings (SSSR count). The molecule has 0 spiro atoms. The van der Waals surface area contributed by atoms with E-state index in [1.165, 1.54) is 18.4 Å². The Hall–Kier alpha value is -3.89. The SMILES string of the molecule is Cc1nocc1CC(=O)c1cc(-c2cnn(C)c2)c(CN2CCOCC2)cc1OCc1ccc(F)cc1F. The van der Waals surface area contributed by atoms with Crippen LogP contribution in [-0.4, -0.2) is 51.9 Å². The maximum absolute atomic E-state index is 14.4. The Bertz CT molecular complexity index is 1440. The third-order valence-electron chi connectivity index (χ3n) is 6.62. The monoisotopic (exact) mass is 522 g/mol. The van der Waals surface area contributed by atoms with E-state index >= 15 is 0 Å². The van der Waals surface area contributed by atoms with E-state index in [-0.39, 0.29) is 24.4 Å². The molecule has 0 N–H and O–H groups in total. The number of aromatic nitrogens is 3. The van der Waals surface area contributed by atoms with Crippen molar-refractivity contribution in [1.29, 1.82) is 0 Å². The van der Waals surface area contributed by atoms with Crippen molar-refractivity contribution < 1.29 is 27.6 Å². The molecule has 1 fully saturated rings. The van der Waals surface area contributed by atoms with Crippen LogP contribution in [0.1, 0.15) is 32.7 Å². The molecule has 2 aromatic heterocycles. The van der Waals surface area contributed by atoms with Crippen molar-refractivity contribution in [3.8, 4) is 16.9 Å². The van der Waals surface area contributed by atoms with Gasteiger partial charge in [0.1, 0.15) is 30.3 Å². The minimum absolute atomic E-state index is 0.0614. The van der Waals surface area contributed by atoms with Crippen molar-refractivity contribution in [2.75, 3.05) is 26.3 Å². The summed E-state index contributed by atoms with van der Waals surface area (Å²) in [5.74, 6) is -1.25. The molecule has 10 heteroatoms. The lowest BCUT2D eigenvalue weighted by Crippen LogP contribution is -2.35. The molecule has 2 aromatic carbocycles. The Kier molecular flexibility index (Phi) is 7.62. The van der Waals surface area contributed by atoms with Crippen LogP contribution in [0.15, 0.2) is 53.5 Å². The van der Waals surface area contributed by atoms with E-state index in [9.17, 15) is 13.6 Å². The van der Waals surface area contributed by atoms with E-state index in [2.05, 4.69) is 15.2 Å². The van der Waals surface area contributed by atoms with Crippen LogP contribution >= 0.6 is 0 Å². The Morgan fingerprint density at radius 1 is 1.11 bits per heavy atom. The fourth-order valence-corrected chi connectivity index (χ4v) is 4.46. The molecule has 0 saturated carbocycles. The summed E-state index contributed by atoms with van der Waals surface area (Å²) in [7, 11) is 1.83. The van der Waals surface area contributed by atoms with Gasteiger partial charge < -0.3 is 14.0 Å². The highest BCUT2D eigenvalue weighted by Crippen LogP contribution is 2.34. The number of hydrogen-bond acceptors (Lipinski definition) is 7. The topological polar surface area (TPSA) is 82.6 Å². The van der Waals surface area contributed by atoms with Crippen LogP contribution in [0.4, 0.5) is 8.78 Å². The fourth-order valence-electron chi connectivity index (χ4n) is 4.46. The second-order valence-electron chi connectivity index (χ2n) is 9.35. The first-order valence-electron chi connectivity index (χ1n) is 12.3. The van der Waals surface area contributed by atoms with Gasteiger partial charge in [0, 0.05) is 62.1 Å². The van der Waals surface area contributed by atoms with Gasteiger partial charge in [-0.2, -0.15) is 5.10 Å². The summed E-state index contributed by atoms with van der Waals surface area (Å²) in [5, 5.41) is 8.19. The first kappa shape index (κ1) is 25.7. The van der Waals surface area contributed by atoms with Crippen LogP contribution in [0, 0.1) is 18.6 Å². The summed E-state index contributed by atoms with van der Waals surface area (Å²) in [5.41, 5.74) is 4.49. The second kappa shape index (κ2) is 11.2. The average molecular weight is 523 g/mol. The molecular formula is C28H28F2N4O4. The van der Waals surface area contributed by atoms with E-state index in [1.807, 2.05) is 25.4 Å². The van der Waals surface area contributed by atoms with E-state index < -0.39 is 11.6 Å². The Balaban J connectivity index is 1.55. The number of halogens is 2. The highest BCUT2D eigenvalue weighted by molar-refractivity contribution is 6.01. The van der Waals surface area contributed by atoms with Crippen LogP contribution in [0.3, 0.4) is 0 Å². The predicted molar refractivity (Wildman–Crippen MR) is 135 cm³/mol. The zero-order valence-electron chi connectivity index (χ0n) is 21.2. The van der Waals surface area contributed by atoms with Crippen molar-refractivity contribution in [2.24, 2.45) is 7.05 Å². The first-order chi connectivity index (χ1) is 18.4. The number of rotatable bonds is 9. The third kappa shape index (κ3) is 5.81. The molecule has 0 radical (unpaired) electrons. The van der Waals surface area contributed by atoms with Gasteiger partial charge in [-0.3, -0.25) is 14.4 Å². The maximum atomic E-state index is 14.4. The van der Waals surface area contributed by atoms with Gasteiger partial charge in [-0.1, -0.05) is 5.16 Å². The van der Waals surface area contributed by atoms with Gasteiger partial charge in [0.2, 0.25) is 0 Å². The summed E-state index contributed by atoms with van der Waals surface area (Å²) in [4.78, 5) is 15.8.